The molecule has 0 saturated carbocycles. The lowest BCUT2D eigenvalue weighted by atomic mass is 10.0. The number of alkyl halides is 3. The van der Waals surface area contributed by atoms with Crippen molar-refractivity contribution in [2.75, 3.05) is 25.3 Å². The van der Waals surface area contributed by atoms with Crippen molar-refractivity contribution in [2.45, 2.75) is 12.7 Å². The fourth-order valence-corrected chi connectivity index (χ4v) is 4.76. The van der Waals surface area contributed by atoms with Crippen LogP contribution < -0.4 is 26.0 Å². The number of amides is 1. The van der Waals surface area contributed by atoms with Crippen molar-refractivity contribution < 1.29 is 31.8 Å². The van der Waals surface area contributed by atoms with Gasteiger partial charge in [0.2, 0.25) is 5.43 Å². The molecule has 0 fully saturated rings. The standard InChI is InChI=1S/C33H26F4N4O4/c1-44-28-11-8-20(14-29(28)45-2)22-13-25(31(38)39-15-22)19-6-9-24(10-7-19)40-32(43)27-17-41(18-33(35,36)37)16-26(30(27)42)21-4-3-5-23(34)12-21/h3-17H,18H2,1-2H3,(H2,38,39)(H,40,43). The fraction of sp³-hybridized carbons (Fsp3) is 0.121. The molecule has 3 aromatic carbocycles. The summed E-state index contributed by atoms with van der Waals surface area (Å²) >= 11 is 0. The highest BCUT2D eigenvalue weighted by molar-refractivity contribution is 6.04. The summed E-state index contributed by atoms with van der Waals surface area (Å²) in [5.74, 6) is -0.245. The third-order valence-electron chi connectivity index (χ3n) is 6.91. The van der Waals surface area contributed by atoms with E-state index in [0.717, 1.165) is 35.7 Å². The molecule has 0 unspecified atom stereocenters. The zero-order valence-electron chi connectivity index (χ0n) is 24.0. The molecule has 0 aliphatic heterocycles. The Morgan fingerprint density at radius 2 is 1.58 bits per heavy atom. The van der Waals surface area contributed by atoms with Gasteiger partial charge in [-0.15, -0.1) is 0 Å². The first-order chi connectivity index (χ1) is 21.5. The molecule has 2 heterocycles. The van der Waals surface area contributed by atoms with Gasteiger partial charge in [-0.1, -0.05) is 30.3 Å². The second-order valence-electron chi connectivity index (χ2n) is 9.97. The van der Waals surface area contributed by atoms with Crippen molar-refractivity contribution in [1.29, 1.82) is 0 Å². The number of halogens is 4. The van der Waals surface area contributed by atoms with Crippen LogP contribution in [-0.4, -0.2) is 35.9 Å². The number of rotatable bonds is 8. The van der Waals surface area contributed by atoms with Crippen LogP contribution >= 0.6 is 0 Å². The zero-order chi connectivity index (χ0) is 32.3. The lowest BCUT2D eigenvalue weighted by molar-refractivity contribution is -0.140. The molecular weight excluding hydrogens is 592 g/mol. The molecule has 2 aromatic heterocycles. The molecule has 230 valence electrons. The topological polar surface area (TPSA) is 108 Å². The maximum atomic E-state index is 13.9. The number of aromatic nitrogens is 2. The van der Waals surface area contributed by atoms with Gasteiger partial charge in [0.15, 0.2) is 11.5 Å². The van der Waals surface area contributed by atoms with Crippen LogP contribution in [0.15, 0.2) is 96.2 Å². The smallest absolute Gasteiger partial charge is 0.406 e. The van der Waals surface area contributed by atoms with Crippen LogP contribution in [0.25, 0.3) is 33.4 Å². The van der Waals surface area contributed by atoms with E-state index in [0.29, 0.717) is 27.2 Å². The molecule has 5 aromatic rings. The number of pyridine rings is 2. The molecule has 8 nitrogen and oxygen atoms in total. The molecular formula is C33H26F4N4O4. The number of nitrogens with one attached hydrogen (secondary N) is 1. The average molecular weight is 619 g/mol. The van der Waals surface area contributed by atoms with Crippen molar-refractivity contribution in [2.24, 2.45) is 0 Å². The number of methoxy groups -OCH3 is 2. The summed E-state index contributed by atoms with van der Waals surface area (Å²) in [5.41, 5.74) is 7.68. The Kier molecular flexibility index (Phi) is 8.57. The van der Waals surface area contributed by atoms with Crippen LogP contribution in [0.2, 0.25) is 0 Å². The number of ether oxygens (including phenoxy) is 2. The number of anilines is 2. The summed E-state index contributed by atoms with van der Waals surface area (Å²) in [5, 5.41) is 2.55. The Morgan fingerprint density at radius 1 is 0.867 bits per heavy atom. The van der Waals surface area contributed by atoms with E-state index in [2.05, 4.69) is 10.3 Å². The number of nitrogen functional groups attached to an aromatic ring is 1. The Bertz CT molecular complexity index is 1940. The summed E-state index contributed by atoms with van der Waals surface area (Å²) in [7, 11) is 3.08. The van der Waals surface area contributed by atoms with Gasteiger partial charge in [0.05, 0.1) is 14.2 Å². The van der Waals surface area contributed by atoms with E-state index in [1.165, 1.54) is 19.2 Å². The number of hydrogen-bond donors (Lipinski definition) is 2. The molecule has 12 heteroatoms. The van der Waals surface area contributed by atoms with Gasteiger partial charge >= 0.3 is 6.18 Å². The minimum Gasteiger partial charge on any atom is -0.493 e. The molecule has 5 rings (SSSR count). The highest BCUT2D eigenvalue weighted by Gasteiger charge is 2.29. The Morgan fingerprint density at radius 3 is 2.24 bits per heavy atom. The Hall–Kier alpha value is -5.65. The average Bonchev–Trinajstić information content (AvgIpc) is 3.01. The van der Waals surface area contributed by atoms with Gasteiger partial charge in [-0.2, -0.15) is 13.2 Å². The molecule has 0 aliphatic rings. The number of benzene rings is 3. The predicted molar refractivity (Wildman–Crippen MR) is 163 cm³/mol. The molecule has 0 aliphatic carbocycles. The predicted octanol–water partition coefficient (Wildman–Crippen LogP) is 6.80. The number of hydrogen-bond acceptors (Lipinski definition) is 6. The maximum Gasteiger partial charge on any atom is 0.406 e. The quantitative estimate of drug-likeness (QED) is 0.185. The third kappa shape index (κ3) is 6.96. The summed E-state index contributed by atoms with van der Waals surface area (Å²) in [6, 6.07) is 18.6. The van der Waals surface area contributed by atoms with Crippen LogP contribution in [0.4, 0.5) is 29.1 Å². The van der Waals surface area contributed by atoms with E-state index < -0.39 is 35.4 Å². The molecule has 45 heavy (non-hydrogen) atoms. The van der Waals surface area contributed by atoms with Gasteiger partial charge in [-0.05, 0) is 59.2 Å². The van der Waals surface area contributed by atoms with Crippen LogP contribution in [0, 0.1) is 5.82 Å². The third-order valence-corrected chi connectivity index (χ3v) is 6.91. The normalized spacial score (nSPS) is 11.2. The highest BCUT2D eigenvalue weighted by atomic mass is 19.4. The SMILES string of the molecule is COc1ccc(-c2cnc(N)c(-c3ccc(NC(=O)c4cn(CC(F)(F)F)cc(-c5cccc(F)c5)c4=O)cc3)c2)cc1OC. The summed E-state index contributed by atoms with van der Waals surface area (Å²) in [4.78, 5) is 30.7. The lowest BCUT2D eigenvalue weighted by Crippen LogP contribution is -2.27. The van der Waals surface area contributed by atoms with Gasteiger partial charge in [-0.3, -0.25) is 9.59 Å². The Balaban J connectivity index is 1.43. The van der Waals surface area contributed by atoms with Crippen molar-refractivity contribution in [1.82, 2.24) is 9.55 Å². The van der Waals surface area contributed by atoms with Gasteiger partial charge in [0.1, 0.15) is 23.7 Å². The van der Waals surface area contributed by atoms with Gasteiger partial charge in [0, 0.05) is 41.0 Å². The van der Waals surface area contributed by atoms with Crippen LogP contribution in [0.1, 0.15) is 10.4 Å². The fourth-order valence-electron chi connectivity index (χ4n) is 4.76. The highest BCUT2D eigenvalue weighted by Crippen LogP contribution is 2.35. The van der Waals surface area contributed by atoms with Crippen LogP contribution in [-0.2, 0) is 6.54 Å². The minimum absolute atomic E-state index is 0.0384. The molecule has 0 atom stereocenters. The first-order valence-corrected chi connectivity index (χ1v) is 13.4. The van der Waals surface area contributed by atoms with Gasteiger partial charge in [0.25, 0.3) is 5.91 Å². The monoisotopic (exact) mass is 618 g/mol. The van der Waals surface area contributed by atoms with Crippen molar-refractivity contribution in [3.05, 3.63) is 113 Å². The van der Waals surface area contributed by atoms with E-state index >= 15 is 0 Å². The summed E-state index contributed by atoms with van der Waals surface area (Å²) < 4.78 is 64.9. The summed E-state index contributed by atoms with van der Waals surface area (Å²) in [6.45, 7) is -1.46. The van der Waals surface area contributed by atoms with Crippen molar-refractivity contribution >= 4 is 17.4 Å². The number of nitrogens with two attached hydrogens (primary N) is 1. The van der Waals surface area contributed by atoms with E-state index in [1.54, 1.807) is 49.7 Å². The molecule has 0 bridgehead atoms. The molecule has 0 saturated heterocycles. The molecule has 0 radical (unpaired) electrons. The van der Waals surface area contributed by atoms with Gasteiger partial charge in [-0.25, -0.2) is 9.37 Å². The number of carbonyl (C=O) groups is 1. The second-order valence-corrected chi connectivity index (χ2v) is 9.97. The van der Waals surface area contributed by atoms with Crippen molar-refractivity contribution in [3.8, 4) is 44.9 Å². The minimum atomic E-state index is -4.63. The molecule has 1 amide bonds. The van der Waals surface area contributed by atoms with Crippen molar-refractivity contribution in [3.63, 3.8) is 0 Å². The van der Waals surface area contributed by atoms with Crippen LogP contribution in [0.3, 0.4) is 0 Å². The lowest BCUT2D eigenvalue weighted by Gasteiger charge is -2.15. The van der Waals surface area contributed by atoms with E-state index in [4.69, 9.17) is 15.2 Å². The Labute approximate surface area is 254 Å². The number of carbonyl (C=O) groups excluding carboxylic acids is 1. The van der Waals surface area contributed by atoms with Crippen LogP contribution in [0.5, 0.6) is 11.5 Å². The first-order valence-electron chi connectivity index (χ1n) is 13.4. The van der Waals surface area contributed by atoms with Gasteiger partial charge < -0.3 is 25.1 Å². The molecule has 0 spiro atoms. The van der Waals surface area contributed by atoms with E-state index in [1.807, 2.05) is 12.1 Å². The van der Waals surface area contributed by atoms with E-state index in [-0.39, 0.29) is 22.6 Å². The maximum absolute atomic E-state index is 13.9. The largest absolute Gasteiger partial charge is 0.493 e. The first kappa shape index (κ1) is 30.8. The van der Waals surface area contributed by atoms with E-state index in [9.17, 15) is 27.2 Å². The second kappa shape index (κ2) is 12.5. The zero-order valence-corrected chi connectivity index (χ0v) is 24.0. The molecule has 3 N–H and O–H groups in total. The number of nitrogens with zero attached hydrogens (tertiary/aromatic N) is 2. The summed E-state index contributed by atoms with van der Waals surface area (Å²) in [6.07, 6.45) is -1.23.